The Labute approximate surface area is 156 Å². The van der Waals surface area contributed by atoms with Gasteiger partial charge in [0.2, 0.25) is 0 Å². The summed E-state index contributed by atoms with van der Waals surface area (Å²) >= 11 is 3.50. The average molecular weight is 402 g/mol. The summed E-state index contributed by atoms with van der Waals surface area (Å²) in [6, 6.07) is 16.9. The summed E-state index contributed by atoms with van der Waals surface area (Å²) in [6.07, 6.45) is 4.27. The van der Waals surface area contributed by atoms with Gasteiger partial charge in [0.05, 0.1) is 15.4 Å². The SMILES string of the molecule is C[Si](C)C(C)(C)COCc1ccc(/C=C/c2cccc(Br)c2)cc1. The Morgan fingerprint density at radius 2 is 1.67 bits per heavy atom. The lowest BCUT2D eigenvalue weighted by Gasteiger charge is -2.27. The fourth-order valence-corrected chi connectivity index (χ4v) is 2.90. The van der Waals surface area contributed by atoms with E-state index in [1.54, 1.807) is 0 Å². The van der Waals surface area contributed by atoms with Crippen molar-refractivity contribution in [3.05, 3.63) is 69.7 Å². The summed E-state index contributed by atoms with van der Waals surface area (Å²) in [5.41, 5.74) is 3.62. The Kier molecular flexibility index (Phi) is 7.02. The summed E-state index contributed by atoms with van der Waals surface area (Å²) in [5, 5.41) is 0.317. The maximum absolute atomic E-state index is 5.93. The molecule has 0 amide bonds. The minimum absolute atomic E-state index is 0.317. The molecule has 0 aliphatic heterocycles. The molecule has 0 saturated carbocycles. The normalized spacial score (nSPS) is 12.2. The van der Waals surface area contributed by atoms with E-state index in [4.69, 9.17) is 4.74 Å². The van der Waals surface area contributed by atoms with Gasteiger partial charge in [-0.15, -0.1) is 0 Å². The van der Waals surface area contributed by atoms with Crippen LogP contribution in [0.5, 0.6) is 0 Å². The van der Waals surface area contributed by atoms with Gasteiger partial charge < -0.3 is 4.74 Å². The van der Waals surface area contributed by atoms with Crippen molar-refractivity contribution >= 4 is 36.9 Å². The molecule has 2 rings (SSSR count). The van der Waals surface area contributed by atoms with Crippen molar-refractivity contribution in [2.75, 3.05) is 6.61 Å². The topological polar surface area (TPSA) is 9.23 Å². The van der Waals surface area contributed by atoms with E-state index in [-0.39, 0.29) is 8.80 Å². The highest BCUT2D eigenvalue weighted by atomic mass is 79.9. The number of ether oxygens (including phenoxy) is 1. The molecule has 24 heavy (non-hydrogen) atoms. The van der Waals surface area contributed by atoms with Gasteiger partial charge in [-0.05, 0) is 33.9 Å². The third-order valence-electron chi connectivity index (χ3n) is 4.38. The molecule has 0 unspecified atom stereocenters. The number of hydrogen-bond donors (Lipinski definition) is 0. The fourth-order valence-electron chi connectivity index (χ4n) is 2.10. The molecule has 3 heteroatoms. The predicted molar refractivity (Wildman–Crippen MR) is 111 cm³/mol. The zero-order valence-corrected chi connectivity index (χ0v) is 17.6. The molecule has 0 aliphatic carbocycles. The minimum Gasteiger partial charge on any atom is -0.377 e. The molecule has 127 valence electrons. The second-order valence-corrected chi connectivity index (χ2v) is 11.3. The highest BCUT2D eigenvalue weighted by Gasteiger charge is 2.23. The largest absolute Gasteiger partial charge is 0.377 e. The molecule has 0 atom stereocenters. The molecule has 0 fully saturated rings. The van der Waals surface area contributed by atoms with Gasteiger partial charge >= 0.3 is 0 Å². The first-order valence-electron chi connectivity index (χ1n) is 8.28. The zero-order chi connectivity index (χ0) is 17.6. The van der Waals surface area contributed by atoms with Crippen LogP contribution in [0.1, 0.15) is 30.5 Å². The van der Waals surface area contributed by atoms with Crippen molar-refractivity contribution in [3.63, 3.8) is 0 Å². The summed E-state index contributed by atoms with van der Waals surface area (Å²) in [6.45, 7) is 10.8. The third-order valence-corrected chi connectivity index (χ3v) is 7.73. The number of rotatable bonds is 7. The first-order chi connectivity index (χ1) is 11.4. The highest BCUT2D eigenvalue weighted by Crippen LogP contribution is 2.28. The van der Waals surface area contributed by atoms with Gasteiger partial charge in [0.25, 0.3) is 0 Å². The van der Waals surface area contributed by atoms with E-state index in [0.29, 0.717) is 11.6 Å². The van der Waals surface area contributed by atoms with Crippen LogP contribution in [0.3, 0.4) is 0 Å². The summed E-state index contributed by atoms with van der Waals surface area (Å²) in [4.78, 5) is 0. The standard InChI is InChI=1S/C21H26BrOSi/c1-21(2,24(3)4)16-23-15-19-12-9-17(10-13-19)8-11-18-6-5-7-20(22)14-18/h5-14H,15-16H2,1-4H3/b11-8+. The van der Waals surface area contributed by atoms with Crippen molar-refractivity contribution in [3.8, 4) is 0 Å². The molecule has 0 bridgehead atoms. The predicted octanol–water partition coefficient (Wildman–Crippen LogP) is 6.67. The molecule has 0 aliphatic rings. The van der Waals surface area contributed by atoms with Crippen molar-refractivity contribution < 1.29 is 4.74 Å². The van der Waals surface area contributed by atoms with E-state index in [1.165, 1.54) is 16.7 Å². The molecule has 0 heterocycles. The van der Waals surface area contributed by atoms with Crippen LogP contribution >= 0.6 is 15.9 Å². The van der Waals surface area contributed by atoms with Gasteiger partial charge in [-0.1, -0.05) is 91.4 Å². The van der Waals surface area contributed by atoms with E-state index < -0.39 is 0 Å². The summed E-state index contributed by atoms with van der Waals surface area (Å²) in [5.74, 6) is 0. The molecule has 0 N–H and O–H groups in total. The van der Waals surface area contributed by atoms with Crippen LogP contribution in [0.15, 0.2) is 53.0 Å². The second-order valence-electron chi connectivity index (χ2n) is 7.01. The average Bonchev–Trinajstić information content (AvgIpc) is 2.54. The van der Waals surface area contributed by atoms with Gasteiger partial charge in [0.1, 0.15) is 0 Å². The van der Waals surface area contributed by atoms with Crippen LogP contribution in [0.25, 0.3) is 12.2 Å². The van der Waals surface area contributed by atoms with E-state index in [1.807, 2.05) is 12.1 Å². The third kappa shape index (κ3) is 6.04. The van der Waals surface area contributed by atoms with Gasteiger partial charge in [-0.25, -0.2) is 0 Å². The number of halogens is 1. The summed E-state index contributed by atoms with van der Waals surface area (Å²) in [7, 11) is -0.345. The molecule has 0 saturated heterocycles. The maximum atomic E-state index is 5.93. The van der Waals surface area contributed by atoms with Crippen LogP contribution < -0.4 is 0 Å². The van der Waals surface area contributed by atoms with E-state index >= 15 is 0 Å². The van der Waals surface area contributed by atoms with E-state index in [9.17, 15) is 0 Å². The van der Waals surface area contributed by atoms with Crippen molar-refractivity contribution in [2.24, 2.45) is 0 Å². The molecular weight excluding hydrogens is 376 g/mol. The van der Waals surface area contributed by atoms with Crippen LogP contribution in [0.2, 0.25) is 18.1 Å². The molecule has 1 nitrogen and oxygen atoms in total. The zero-order valence-electron chi connectivity index (χ0n) is 15.0. The monoisotopic (exact) mass is 401 g/mol. The van der Waals surface area contributed by atoms with Gasteiger partial charge in [-0.3, -0.25) is 0 Å². The Morgan fingerprint density at radius 3 is 2.29 bits per heavy atom. The van der Waals surface area contributed by atoms with Crippen LogP contribution in [-0.4, -0.2) is 15.4 Å². The van der Waals surface area contributed by atoms with Gasteiger partial charge in [-0.2, -0.15) is 0 Å². The lowest BCUT2D eigenvalue weighted by molar-refractivity contribution is 0.101. The van der Waals surface area contributed by atoms with Gasteiger partial charge in [0.15, 0.2) is 0 Å². The fraction of sp³-hybridized carbons (Fsp3) is 0.333. The Balaban J connectivity index is 1.89. The Morgan fingerprint density at radius 1 is 1.00 bits per heavy atom. The van der Waals surface area contributed by atoms with E-state index in [0.717, 1.165) is 11.1 Å². The lowest BCUT2D eigenvalue weighted by Crippen LogP contribution is -2.26. The number of benzene rings is 2. The van der Waals surface area contributed by atoms with Crippen LogP contribution in [-0.2, 0) is 11.3 Å². The van der Waals surface area contributed by atoms with Crippen molar-refractivity contribution in [1.29, 1.82) is 0 Å². The van der Waals surface area contributed by atoms with Crippen LogP contribution in [0.4, 0.5) is 0 Å². The van der Waals surface area contributed by atoms with Crippen molar-refractivity contribution in [1.82, 2.24) is 0 Å². The quantitative estimate of drug-likeness (QED) is 0.371. The molecule has 0 spiro atoms. The lowest BCUT2D eigenvalue weighted by atomic mass is 10.1. The molecule has 2 aromatic carbocycles. The maximum Gasteiger partial charge on any atom is 0.0716 e. The minimum atomic E-state index is -0.345. The first kappa shape index (κ1) is 19.2. The Hall–Kier alpha value is -1.16. The van der Waals surface area contributed by atoms with Crippen molar-refractivity contribution in [2.45, 2.75) is 38.6 Å². The van der Waals surface area contributed by atoms with Crippen LogP contribution in [0, 0.1) is 0 Å². The summed E-state index contributed by atoms with van der Waals surface area (Å²) < 4.78 is 7.03. The first-order valence-corrected chi connectivity index (χ1v) is 11.6. The smallest absolute Gasteiger partial charge is 0.0716 e. The van der Waals surface area contributed by atoms with E-state index in [2.05, 4.69) is 91.4 Å². The van der Waals surface area contributed by atoms with Gasteiger partial charge in [0, 0.05) is 11.1 Å². The number of hydrogen-bond acceptors (Lipinski definition) is 1. The molecule has 1 radical (unpaired) electrons. The second kappa shape index (κ2) is 8.79. The molecule has 0 aromatic heterocycles. The molecule has 2 aromatic rings. The Bertz CT molecular complexity index is 674. The highest BCUT2D eigenvalue weighted by molar-refractivity contribution is 9.10. The molecular formula is C21H26BrOSi.